The molecule has 2 rings (SSSR count). The van der Waals surface area contributed by atoms with Crippen LogP contribution >= 0.6 is 0 Å². The molecule has 0 N–H and O–H groups in total. The highest BCUT2D eigenvalue weighted by Gasteiger charge is 2.06. The predicted octanol–water partition coefficient (Wildman–Crippen LogP) is 3.34. The van der Waals surface area contributed by atoms with E-state index in [-0.39, 0.29) is 0 Å². The Morgan fingerprint density at radius 2 is 1.87 bits per heavy atom. The van der Waals surface area contributed by atoms with Gasteiger partial charge in [-0.1, -0.05) is 6.07 Å². The van der Waals surface area contributed by atoms with Crippen LogP contribution in [0.15, 0.2) is 36.5 Å². The Kier molecular flexibility index (Phi) is 2.46. The molecular weight excluding hydrogens is 196 g/mol. The minimum Gasteiger partial charge on any atom is -0.256 e. The Morgan fingerprint density at radius 1 is 1.07 bits per heavy atom. The molecule has 3 heteroatoms. The Bertz CT molecular complexity index is 495. The van der Waals surface area contributed by atoms with Gasteiger partial charge in [-0.05, 0) is 36.8 Å². The zero-order valence-electron chi connectivity index (χ0n) is 8.17. The maximum absolute atomic E-state index is 13.0. The Hall–Kier alpha value is -1.77. The third-order valence-electron chi connectivity index (χ3n) is 2.20. The molecule has 2 aromatic rings. The average molecular weight is 205 g/mol. The van der Waals surface area contributed by atoms with Crippen LogP contribution in [0.2, 0.25) is 0 Å². The number of pyridine rings is 1. The molecule has 0 saturated heterocycles. The highest BCUT2D eigenvalue weighted by atomic mass is 19.2. The lowest BCUT2D eigenvalue weighted by Gasteiger charge is -2.04. The second-order valence-corrected chi connectivity index (χ2v) is 3.30. The average Bonchev–Trinajstić information content (AvgIpc) is 2.23. The fourth-order valence-corrected chi connectivity index (χ4v) is 1.43. The van der Waals surface area contributed by atoms with Crippen LogP contribution in [-0.2, 0) is 0 Å². The van der Waals surface area contributed by atoms with Gasteiger partial charge in [0.2, 0.25) is 0 Å². The maximum Gasteiger partial charge on any atom is 0.159 e. The van der Waals surface area contributed by atoms with E-state index in [1.54, 1.807) is 12.3 Å². The largest absolute Gasteiger partial charge is 0.256 e. The first-order valence-electron chi connectivity index (χ1n) is 4.55. The third-order valence-corrected chi connectivity index (χ3v) is 2.20. The first kappa shape index (κ1) is 9.77. The highest BCUT2D eigenvalue weighted by molar-refractivity contribution is 5.62. The summed E-state index contributed by atoms with van der Waals surface area (Å²) in [5.41, 5.74) is 2.20. The number of hydrogen-bond acceptors (Lipinski definition) is 1. The zero-order valence-corrected chi connectivity index (χ0v) is 8.17. The van der Waals surface area contributed by atoms with E-state index in [1.165, 1.54) is 6.07 Å². The van der Waals surface area contributed by atoms with Gasteiger partial charge in [-0.15, -0.1) is 0 Å². The summed E-state index contributed by atoms with van der Waals surface area (Å²) < 4.78 is 25.7. The van der Waals surface area contributed by atoms with Crippen molar-refractivity contribution in [2.45, 2.75) is 6.92 Å². The van der Waals surface area contributed by atoms with Gasteiger partial charge in [0, 0.05) is 11.8 Å². The van der Waals surface area contributed by atoms with Crippen LogP contribution in [0.1, 0.15) is 5.56 Å². The number of aromatic nitrogens is 1. The molecule has 1 aromatic carbocycles. The van der Waals surface area contributed by atoms with Gasteiger partial charge in [0.1, 0.15) is 0 Å². The first-order chi connectivity index (χ1) is 7.18. The van der Waals surface area contributed by atoms with Crippen molar-refractivity contribution in [2.24, 2.45) is 0 Å². The Labute approximate surface area is 86.4 Å². The Morgan fingerprint density at radius 3 is 2.53 bits per heavy atom. The number of halogens is 2. The van der Waals surface area contributed by atoms with Gasteiger partial charge in [0.15, 0.2) is 11.6 Å². The van der Waals surface area contributed by atoms with Crippen LogP contribution < -0.4 is 0 Å². The summed E-state index contributed by atoms with van der Waals surface area (Å²) in [6.07, 6.45) is 1.63. The van der Waals surface area contributed by atoms with Gasteiger partial charge < -0.3 is 0 Å². The number of benzene rings is 1. The van der Waals surface area contributed by atoms with E-state index in [2.05, 4.69) is 4.98 Å². The molecule has 0 aliphatic carbocycles. The van der Waals surface area contributed by atoms with Crippen LogP contribution in [0.4, 0.5) is 8.78 Å². The quantitative estimate of drug-likeness (QED) is 0.695. The van der Waals surface area contributed by atoms with Crippen molar-refractivity contribution in [1.29, 1.82) is 0 Å². The normalized spacial score (nSPS) is 10.3. The van der Waals surface area contributed by atoms with Crippen LogP contribution in [0.5, 0.6) is 0 Å². The predicted molar refractivity (Wildman–Crippen MR) is 54.3 cm³/mol. The Balaban J connectivity index is 2.55. The summed E-state index contributed by atoms with van der Waals surface area (Å²) in [7, 11) is 0. The summed E-state index contributed by atoms with van der Waals surface area (Å²) in [6.45, 7) is 1.88. The van der Waals surface area contributed by atoms with Crippen molar-refractivity contribution in [3.8, 4) is 11.3 Å². The molecule has 0 bridgehead atoms. The van der Waals surface area contributed by atoms with Gasteiger partial charge in [-0.3, -0.25) is 4.98 Å². The number of hydrogen-bond donors (Lipinski definition) is 0. The maximum atomic E-state index is 13.0. The monoisotopic (exact) mass is 205 g/mol. The van der Waals surface area contributed by atoms with E-state index >= 15 is 0 Å². The summed E-state index contributed by atoms with van der Waals surface area (Å²) in [4.78, 5) is 4.13. The molecule has 0 atom stereocenters. The fraction of sp³-hybridized carbons (Fsp3) is 0.0833. The molecule has 0 radical (unpaired) electrons. The lowest BCUT2D eigenvalue weighted by molar-refractivity contribution is 0.509. The van der Waals surface area contributed by atoms with Crippen molar-refractivity contribution >= 4 is 0 Å². The number of rotatable bonds is 1. The van der Waals surface area contributed by atoms with Crippen LogP contribution in [0.25, 0.3) is 11.3 Å². The molecule has 1 nitrogen and oxygen atoms in total. The standard InChI is InChI=1S/C12H9F2N/c1-8-3-2-6-15-12(8)9-4-5-10(13)11(14)7-9/h2-7H,1H3. The van der Waals surface area contributed by atoms with Gasteiger partial charge in [-0.2, -0.15) is 0 Å². The molecule has 1 aromatic heterocycles. The van der Waals surface area contributed by atoms with Crippen molar-refractivity contribution < 1.29 is 8.78 Å². The SMILES string of the molecule is Cc1cccnc1-c1ccc(F)c(F)c1. The fourth-order valence-electron chi connectivity index (χ4n) is 1.43. The van der Waals surface area contributed by atoms with Gasteiger partial charge in [0.25, 0.3) is 0 Å². The van der Waals surface area contributed by atoms with Crippen molar-refractivity contribution in [1.82, 2.24) is 4.98 Å². The van der Waals surface area contributed by atoms with Crippen LogP contribution in [-0.4, -0.2) is 4.98 Å². The lowest BCUT2D eigenvalue weighted by atomic mass is 10.1. The van der Waals surface area contributed by atoms with Gasteiger partial charge in [0.05, 0.1) is 5.69 Å². The van der Waals surface area contributed by atoms with E-state index in [9.17, 15) is 8.78 Å². The van der Waals surface area contributed by atoms with E-state index in [0.717, 1.165) is 17.7 Å². The van der Waals surface area contributed by atoms with Crippen molar-refractivity contribution in [2.75, 3.05) is 0 Å². The molecule has 0 aliphatic rings. The lowest BCUT2D eigenvalue weighted by Crippen LogP contribution is -1.90. The van der Waals surface area contributed by atoms with E-state index in [0.29, 0.717) is 11.3 Å². The summed E-state index contributed by atoms with van der Waals surface area (Å²) >= 11 is 0. The van der Waals surface area contributed by atoms with Crippen molar-refractivity contribution in [3.05, 3.63) is 53.7 Å². The van der Waals surface area contributed by atoms with Gasteiger partial charge in [-0.25, -0.2) is 8.78 Å². The summed E-state index contributed by atoms with van der Waals surface area (Å²) in [6, 6.07) is 7.47. The smallest absolute Gasteiger partial charge is 0.159 e. The number of nitrogens with zero attached hydrogens (tertiary/aromatic N) is 1. The molecule has 0 fully saturated rings. The molecule has 15 heavy (non-hydrogen) atoms. The first-order valence-corrected chi connectivity index (χ1v) is 4.55. The molecule has 0 saturated carbocycles. The van der Waals surface area contributed by atoms with E-state index in [1.807, 2.05) is 13.0 Å². The molecular formula is C12H9F2N. The van der Waals surface area contributed by atoms with E-state index in [4.69, 9.17) is 0 Å². The molecule has 0 unspecified atom stereocenters. The van der Waals surface area contributed by atoms with E-state index < -0.39 is 11.6 Å². The minimum absolute atomic E-state index is 0.590. The van der Waals surface area contributed by atoms with Crippen molar-refractivity contribution in [3.63, 3.8) is 0 Å². The zero-order chi connectivity index (χ0) is 10.8. The summed E-state index contributed by atoms with van der Waals surface area (Å²) in [5, 5.41) is 0. The molecule has 0 spiro atoms. The van der Waals surface area contributed by atoms with Crippen LogP contribution in [0.3, 0.4) is 0 Å². The van der Waals surface area contributed by atoms with Crippen LogP contribution in [0, 0.1) is 18.6 Å². The second-order valence-electron chi connectivity index (χ2n) is 3.30. The summed E-state index contributed by atoms with van der Waals surface area (Å²) in [5.74, 6) is -1.69. The molecule has 0 aliphatic heterocycles. The highest BCUT2D eigenvalue weighted by Crippen LogP contribution is 2.22. The second kappa shape index (κ2) is 3.77. The van der Waals surface area contributed by atoms with Gasteiger partial charge >= 0.3 is 0 Å². The third kappa shape index (κ3) is 1.86. The number of aryl methyl sites for hydroxylation is 1. The minimum atomic E-state index is -0.849. The topological polar surface area (TPSA) is 12.9 Å². The molecule has 76 valence electrons. The molecule has 1 heterocycles. The molecule has 0 amide bonds.